The van der Waals surface area contributed by atoms with Crippen LogP contribution in [0.2, 0.25) is 0 Å². The van der Waals surface area contributed by atoms with Gasteiger partial charge >= 0.3 is 0 Å². The molecule has 0 aliphatic heterocycles. The van der Waals surface area contributed by atoms with E-state index in [-0.39, 0.29) is 41.8 Å². The van der Waals surface area contributed by atoms with Gasteiger partial charge in [0.2, 0.25) is 0 Å². The minimum absolute atomic E-state index is 0.0154. The molecule has 0 heterocycles. The van der Waals surface area contributed by atoms with Crippen molar-refractivity contribution in [3.63, 3.8) is 0 Å². The van der Waals surface area contributed by atoms with Crippen LogP contribution in [0, 0.1) is 28.6 Å². The van der Waals surface area contributed by atoms with Crippen LogP contribution in [-0.4, -0.2) is 59.7 Å². The largest absolute Gasteiger partial charge is 0.396 e. The third kappa shape index (κ3) is 5.48. The lowest BCUT2D eigenvalue weighted by molar-refractivity contribution is -0.0584. The fourth-order valence-electron chi connectivity index (χ4n) is 3.93. The lowest BCUT2D eigenvalue weighted by atomic mass is 9.66. The molecule has 0 bridgehead atoms. The Kier molecular flexibility index (Phi) is 6.88. The molecule has 4 atom stereocenters. The summed E-state index contributed by atoms with van der Waals surface area (Å²) >= 11 is 0. The predicted molar refractivity (Wildman–Crippen MR) is 90.6 cm³/mol. The van der Waals surface area contributed by atoms with Gasteiger partial charge in [-0.1, -0.05) is 34.6 Å². The van der Waals surface area contributed by atoms with Gasteiger partial charge < -0.3 is 20.2 Å². The molecule has 4 heteroatoms. The Bertz CT molecular complexity index is 338. The zero-order valence-corrected chi connectivity index (χ0v) is 15.3. The topological polar surface area (TPSA) is 63.9 Å². The summed E-state index contributed by atoms with van der Waals surface area (Å²) in [5.74, 6) is 0.392. The lowest BCUT2D eigenvalue weighted by Gasteiger charge is -2.45. The normalized spacial score (nSPS) is 30.5. The summed E-state index contributed by atoms with van der Waals surface area (Å²) in [6.07, 6.45) is 1.43. The smallest absolute Gasteiger partial charge is 0.0631 e. The number of aliphatic hydroxyl groups excluding tert-OH is 3. The van der Waals surface area contributed by atoms with Crippen molar-refractivity contribution in [1.29, 1.82) is 0 Å². The van der Waals surface area contributed by atoms with Gasteiger partial charge in [0.05, 0.1) is 6.10 Å². The molecule has 0 spiro atoms. The highest BCUT2D eigenvalue weighted by Gasteiger charge is 2.40. The number of hydrogen-bond acceptors (Lipinski definition) is 4. The SMILES string of the molecule is CN(C[C@@H]1CC(C)(C)C[C@H](CO)[C@@H]1O)C[C@H](CO)C(C)(C)C. The van der Waals surface area contributed by atoms with E-state index in [9.17, 15) is 15.3 Å². The second-order valence-electron chi connectivity index (χ2n) is 9.23. The van der Waals surface area contributed by atoms with E-state index in [2.05, 4.69) is 46.6 Å². The van der Waals surface area contributed by atoms with Gasteiger partial charge in [-0.15, -0.1) is 0 Å². The van der Waals surface area contributed by atoms with Gasteiger partial charge in [-0.2, -0.15) is 0 Å². The van der Waals surface area contributed by atoms with Crippen molar-refractivity contribution >= 4 is 0 Å². The Balaban J connectivity index is 2.67. The van der Waals surface area contributed by atoms with Gasteiger partial charge in [0.25, 0.3) is 0 Å². The minimum atomic E-state index is -0.428. The van der Waals surface area contributed by atoms with E-state index in [0.717, 1.165) is 25.9 Å². The quantitative estimate of drug-likeness (QED) is 0.701. The van der Waals surface area contributed by atoms with E-state index in [4.69, 9.17) is 0 Å². The van der Waals surface area contributed by atoms with Crippen molar-refractivity contribution in [2.45, 2.75) is 53.6 Å². The van der Waals surface area contributed by atoms with Crippen molar-refractivity contribution < 1.29 is 15.3 Å². The maximum Gasteiger partial charge on any atom is 0.0631 e. The highest BCUT2D eigenvalue weighted by atomic mass is 16.3. The monoisotopic (exact) mass is 315 g/mol. The summed E-state index contributed by atoms with van der Waals surface area (Å²) in [5.41, 5.74) is 0.236. The Morgan fingerprint density at radius 1 is 1.14 bits per heavy atom. The van der Waals surface area contributed by atoms with Gasteiger partial charge in [0, 0.05) is 32.2 Å². The van der Waals surface area contributed by atoms with Crippen LogP contribution in [0.25, 0.3) is 0 Å². The first-order valence-corrected chi connectivity index (χ1v) is 8.58. The number of aliphatic hydroxyl groups is 3. The Morgan fingerprint density at radius 2 is 1.68 bits per heavy atom. The third-order valence-electron chi connectivity index (χ3n) is 5.35. The van der Waals surface area contributed by atoms with Crippen molar-refractivity contribution in [2.75, 3.05) is 33.4 Å². The Hall–Kier alpha value is -0.160. The number of nitrogens with zero attached hydrogens (tertiary/aromatic N) is 1. The van der Waals surface area contributed by atoms with E-state index in [1.807, 2.05) is 0 Å². The van der Waals surface area contributed by atoms with Crippen molar-refractivity contribution in [1.82, 2.24) is 4.90 Å². The summed E-state index contributed by atoms with van der Waals surface area (Å²) in [7, 11) is 2.07. The second-order valence-corrected chi connectivity index (χ2v) is 9.23. The average Bonchev–Trinajstić information content (AvgIpc) is 2.38. The van der Waals surface area contributed by atoms with Crippen LogP contribution in [0.1, 0.15) is 47.5 Å². The molecule has 1 fully saturated rings. The predicted octanol–water partition coefficient (Wildman–Crippen LogP) is 1.98. The van der Waals surface area contributed by atoms with Crippen molar-refractivity contribution in [3.05, 3.63) is 0 Å². The molecule has 1 aliphatic carbocycles. The van der Waals surface area contributed by atoms with Crippen LogP contribution >= 0.6 is 0 Å². The molecular formula is C18H37NO3. The van der Waals surface area contributed by atoms with Gasteiger partial charge in [-0.25, -0.2) is 0 Å². The highest BCUT2D eigenvalue weighted by Crippen LogP contribution is 2.42. The third-order valence-corrected chi connectivity index (χ3v) is 5.35. The fraction of sp³-hybridized carbons (Fsp3) is 1.00. The molecule has 22 heavy (non-hydrogen) atoms. The first-order chi connectivity index (χ1) is 10.00. The van der Waals surface area contributed by atoms with Crippen LogP contribution in [-0.2, 0) is 0 Å². The molecule has 1 aliphatic rings. The minimum Gasteiger partial charge on any atom is -0.396 e. The van der Waals surface area contributed by atoms with Gasteiger partial charge in [-0.3, -0.25) is 0 Å². The molecule has 132 valence electrons. The molecule has 1 rings (SSSR count). The molecule has 0 aromatic heterocycles. The first kappa shape index (κ1) is 19.9. The molecule has 0 radical (unpaired) electrons. The van der Waals surface area contributed by atoms with Crippen molar-refractivity contribution in [3.8, 4) is 0 Å². The average molecular weight is 315 g/mol. The summed E-state index contributed by atoms with van der Waals surface area (Å²) in [6, 6.07) is 0. The molecule has 0 aromatic carbocycles. The van der Waals surface area contributed by atoms with Crippen LogP contribution in [0.15, 0.2) is 0 Å². The first-order valence-electron chi connectivity index (χ1n) is 8.58. The van der Waals surface area contributed by atoms with E-state index in [1.54, 1.807) is 0 Å². The fourth-order valence-corrected chi connectivity index (χ4v) is 3.93. The van der Waals surface area contributed by atoms with Gasteiger partial charge in [0.1, 0.15) is 0 Å². The van der Waals surface area contributed by atoms with Crippen LogP contribution in [0.3, 0.4) is 0 Å². The number of rotatable bonds is 6. The maximum absolute atomic E-state index is 10.5. The molecule has 3 N–H and O–H groups in total. The van der Waals surface area contributed by atoms with Crippen LogP contribution < -0.4 is 0 Å². The molecule has 4 nitrogen and oxygen atoms in total. The highest BCUT2D eigenvalue weighted by molar-refractivity contribution is 4.91. The summed E-state index contributed by atoms with van der Waals surface area (Å²) in [5, 5.41) is 29.7. The maximum atomic E-state index is 10.5. The van der Waals surface area contributed by atoms with E-state index < -0.39 is 6.10 Å². The van der Waals surface area contributed by atoms with E-state index in [1.165, 1.54) is 0 Å². The van der Waals surface area contributed by atoms with Crippen LogP contribution in [0.5, 0.6) is 0 Å². The standard InChI is InChI=1S/C18H37NO3/c1-17(2,3)15(12-21)10-19(6)9-13-7-18(4,5)8-14(11-20)16(13)22/h13-16,20-22H,7-12H2,1-6H3/t13-,14+,15+,16+/m0/s1. The zero-order valence-electron chi connectivity index (χ0n) is 15.3. The van der Waals surface area contributed by atoms with Gasteiger partial charge in [-0.05, 0) is 42.6 Å². The second kappa shape index (κ2) is 7.61. The van der Waals surface area contributed by atoms with Gasteiger partial charge in [0.15, 0.2) is 0 Å². The van der Waals surface area contributed by atoms with E-state index in [0.29, 0.717) is 0 Å². The lowest BCUT2D eigenvalue weighted by Crippen LogP contribution is -2.47. The number of hydrogen-bond donors (Lipinski definition) is 3. The molecule has 0 aromatic rings. The molecule has 1 saturated carbocycles. The van der Waals surface area contributed by atoms with E-state index >= 15 is 0 Å². The molecule has 0 saturated heterocycles. The molecular weight excluding hydrogens is 278 g/mol. The Morgan fingerprint density at radius 3 is 2.14 bits per heavy atom. The summed E-state index contributed by atoms with van der Waals surface area (Å²) in [4.78, 5) is 2.23. The summed E-state index contributed by atoms with van der Waals surface area (Å²) in [6.45, 7) is 12.8. The Labute approximate surface area is 136 Å². The zero-order chi connectivity index (χ0) is 17.1. The molecule has 0 amide bonds. The van der Waals surface area contributed by atoms with Crippen molar-refractivity contribution in [2.24, 2.45) is 28.6 Å². The summed E-state index contributed by atoms with van der Waals surface area (Å²) < 4.78 is 0. The molecule has 0 unspecified atom stereocenters. The van der Waals surface area contributed by atoms with Crippen LogP contribution in [0.4, 0.5) is 0 Å².